The van der Waals surface area contributed by atoms with Gasteiger partial charge in [-0.05, 0) is 31.0 Å². The van der Waals surface area contributed by atoms with Gasteiger partial charge in [-0.25, -0.2) is 0 Å². The number of furan rings is 1. The van der Waals surface area contributed by atoms with E-state index >= 15 is 0 Å². The summed E-state index contributed by atoms with van der Waals surface area (Å²) >= 11 is 1.85. The molecule has 1 aromatic heterocycles. The Morgan fingerprint density at radius 3 is 2.90 bits per heavy atom. The molecule has 0 atom stereocenters. The predicted molar refractivity (Wildman–Crippen MR) is 88.5 cm³/mol. The van der Waals surface area contributed by atoms with Crippen LogP contribution in [0.3, 0.4) is 0 Å². The molecule has 0 fully saturated rings. The van der Waals surface area contributed by atoms with E-state index in [4.69, 9.17) is 9.41 Å². The molecule has 3 nitrogen and oxygen atoms in total. The first-order valence-electron chi connectivity index (χ1n) is 7.31. The highest BCUT2D eigenvalue weighted by molar-refractivity contribution is 8.13. The molecule has 0 bridgehead atoms. The van der Waals surface area contributed by atoms with E-state index in [-0.39, 0.29) is 0 Å². The van der Waals surface area contributed by atoms with Crippen molar-refractivity contribution in [2.24, 2.45) is 4.99 Å². The summed E-state index contributed by atoms with van der Waals surface area (Å²) in [5.74, 6) is 2.14. The second-order valence-corrected chi connectivity index (χ2v) is 6.35. The number of aryl methyl sites for hydroxylation is 1. The van der Waals surface area contributed by atoms with Crippen molar-refractivity contribution < 1.29 is 4.42 Å². The standard InChI is InChI=1S/C17H20N2OS/c1-14-5-2-6-15(11-14)12-19(13-16-7-3-9-20-16)17-18-8-4-10-21-17/h2-3,5-7,9,11H,4,8,10,12-13H2,1H3. The molecule has 0 saturated heterocycles. The zero-order chi connectivity index (χ0) is 14.5. The minimum atomic E-state index is 0.771. The molecule has 1 aliphatic heterocycles. The first kappa shape index (κ1) is 14.3. The van der Waals surface area contributed by atoms with E-state index in [0.717, 1.165) is 36.3 Å². The summed E-state index contributed by atoms with van der Waals surface area (Å²) in [5, 5.41) is 1.14. The summed E-state index contributed by atoms with van der Waals surface area (Å²) in [5.41, 5.74) is 2.61. The lowest BCUT2D eigenvalue weighted by Gasteiger charge is -2.27. The predicted octanol–water partition coefficient (Wildman–Crippen LogP) is 4.08. The zero-order valence-corrected chi connectivity index (χ0v) is 13.1. The van der Waals surface area contributed by atoms with Gasteiger partial charge in [0, 0.05) is 18.8 Å². The Labute approximate surface area is 130 Å². The smallest absolute Gasteiger partial charge is 0.159 e. The molecule has 4 heteroatoms. The number of amidine groups is 1. The second kappa shape index (κ2) is 6.85. The van der Waals surface area contributed by atoms with Crippen LogP contribution in [0.2, 0.25) is 0 Å². The number of nitrogens with zero attached hydrogens (tertiary/aromatic N) is 2. The molecule has 0 amide bonds. The first-order chi connectivity index (χ1) is 10.3. The Morgan fingerprint density at radius 2 is 2.19 bits per heavy atom. The van der Waals surface area contributed by atoms with E-state index in [1.54, 1.807) is 6.26 Å². The molecular weight excluding hydrogens is 280 g/mol. The van der Waals surface area contributed by atoms with Gasteiger partial charge in [0.2, 0.25) is 0 Å². The van der Waals surface area contributed by atoms with Gasteiger partial charge in [-0.3, -0.25) is 4.99 Å². The summed E-state index contributed by atoms with van der Waals surface area (Å²) < 4.78 is 5.51. The minimum Gasteiger partial charge on any atom is -0.467 e. The molecule has 0 saturated carbocycles. The maximum atomic E-state index is 5.51. The molecule has 21 heavy (non-hydrogen) atoms. The quantitative estimate of drug-likeness (QED) is 0.851. The van der Waals surface area contributed by atoms with Crippen molar-refractivity contribution in [3.8, 4) is 0 Å². The molecule has 3 rings (SSSR count). The van der Waals surface area contributed by atoms with Gasteiger partial charge < -0.3 is 9.32 Å². The van der Waals surface area contributed by atoms with Crippen molar-refractivity contribution in [3.05, 3.63) is 59.5 Å². The Balaban J connectivity index is 1.79. The fourth-order valence-corrected chi connectivity index (χ4v) is 3.40. The molecule has 0 radical (unpaired) electrons. The zero-order valence-electron chi connectivity index (χ0n) is 12.3. The third-order valence-corrected chi connectivity index (χ3v) is 4.57. The SMILES string of the molecule is Cc1cccc(CN(Cc2ccco2)C2=NCCCS2)c1. The number of rotatable bonds is 4. The molecule has 0 aliphatic carbocycles. The average molecular weight is 300 g/mol. The van der Waals surface area contributed by atoms with Crippen LogP contribution in [-0.4, -0.2) is 22.4 Å². The van der Waals surface area contributed by atoms with Gasteiger partial charge in [-0.2, -0.15) is 0 Å². The van der Waals surface area contributed by atoms with Crippen LogP contribution in [-0.2, 0) is 13.1 Å². The maximum absolute atomic E-state index is 5.51. The van der Waals surface area contributed by atoms with Crippen molar-refractivity contribution >= 4 is 16.9 Å². The van der Waals surface area contributed by atoms with E-state index in [1.807, 2.05) is 23.9 Å². The summed E-state index contributed by atoms with van der Waals surface area (Å²) in [6.45, 7) is 4.71. The molecule has 0 N–H and O–H groups in total. The molecule has 0 unspecified atom stereocenters. The molecular formula is C17H20N2OS. The first-order valence-corrected chi connectivity index (χ1v) is 8.30. The van der Waals surface area contributed by atoms with E-state index in [2.05, 4.69) is 36.1 Å². The van der Waals surface area contributed by atoms with Crippen LogP contribution in [0.1, 0.15) is 23.3 Å². The Bertz CT molecular complexity index is 607. The topological polar surface area (TPSA) is 28.7 Å². The summed E-state index contributed by atoms with van der Waals surface area (Å²) in [6, 6.07) is 12.6. The highest BCUT2D eigenvalue weighted by Crippen LogP contribution is 2.21. The summed E-state index contributed by atoms with van der Waals surface area (Å²) in [4.78, 5) is 7.01. The summed E-state index contributed by atoms with van der Waals surface area (Å²) in [7, 11) is 0. The van der Waals surface area contributed by atoms with Crippen LogP contribution >= 0.6 is 11.8 Å². The molecule has 110 valence electrons. The Kier molecular flexibility index (Phi) is 4.65. The van der Waals surface area contributed by atoms with Crippen LogP contribution in [0.15, 0.2) is 52.1 Å². The highest BCUT2D eigenvalue weighted by atomic mass is 32.2. The van der Waals surface area contributed by atoms with E-state index in [1.165, 1.54) is 17.5 Å². The third-order valence-electron chi connectivity index (χ3n) is 3.43. The second-order valence-electron chi connectivity index (χ2n) is 5.29. The average Bonchev–Trinajstić information content (AvgIpc) is 3.01. The molecule has 1 aliphatic rings. The van der Waals surface area contributed by atoms with Gasteiger partial charge in [0.05, 0.1) is 12.8 Å². The van der Waals surface area contributed by atoms with E-state index in [0.29, 0.717) is 0 Å². The number of benzene rings is 1. The van der Waals surface area contributed by atoms with Gasteiger partial charge in [0.15, 0.2) is 5.17 Å². The maximum Gasteiger partial charge on any atom is 0.159 e. The van der Waals surface area contributed by atoms with Gasteiger partial charge in [-0.1, -0.05) is 41.6 Å². The normalized spacial score (nSPS) is 14.8. The Hall–Kier alpha value is -1.68. The number of hydrogen-bond donors (Lipinski definition) is 0. The van der Waals surface area contributed by atoms with Gasteiger partial charge in [0.25, 0.3) is 0 Å². The van der Waals surface area contributed by atoms with Crippen molar-refractivity contribution in [2.45, 2.75) is 26.4 Å². The fourth-order valence-electron chi connectivity index (χ4n) is 2.45. The fraction of sp³-hybridized carbons (Fsp3) is 0.353. The summed E-state index contributed by atoms with van der Waals surface area (Å²) in [6.07, 6.45) is 2.91. The van der Waals surface area contributed by atoms with E-state index in [9.17, 15) is 0 Å². The van der Waals surface area contributed by atoms with Crippen LogP contribution < -0.4 is 0 Å². The molecule has 2 heterocycles. The van der Waals surface area contributed by atoms with Gasteiger partial charge in [-0.15, -0.1) is 0 Å². The van der Waals surface area contributed by atoms with Crippen LogP contribution in [0.4, 0.5) is 0 Å². The number of thioether (sulfide) groups is 1. The van der Waals surface area contributed by atoms with Crippen molar-refractivity contribution in [2.75, 3.05) is 12.3 Å². The Morgan fingerprint density at radius 1 is 1.24 bits per heavy atom. The van der Waals surface area contributed by atoms with Crippen LogP contribution in [0.25, 0.3) is 0 Å². The van der Waals surface area contributed by atoms with Crippen molar-refractivity contribution in [1.82, 2.24) is 4.90 Å². The van der Waals surface area contributed by atoms with Crippen molar-refractivity contribution in [3.63, 3.8) is 0 Å². The van der Waals surface area contributed by atoms with Crippen LogP contribution in [0, 0.1) is 6.92 Å². The minimum absolute atomic E-state index is 0.771. The van der Waals surface area contributed by atoms with Crippen molar-refractivity contribution in [1.29, 1.82) is 0 Å². The molecule has 0 spiro atoms. The lowest BCUT2D eigenvalue weighted by atomic mass is 10.1. The van der Waals surface area contributed by atoms with Gasteiger partial charge in [0.1, 0.15) is 5.76 Å². The number of aliphatic imine (C=N–C) groups is 1. The number of hydrogen-bond acceptors (Lipinski definition) is 4. The molecule has 1 aromatic carbocycles. The van der Waals surface area contributed by atoms with Crippen LogP contribution in [0.5, 0.6) is 0 Å². The molecule has 2 aromatic rings. The lowest BCUT2D eigenvalue weighted by Crippen LogP contribution is -2.29. The largest absolute Gasteiger partial charge is 0.467 e. The van der Waals surface area contributed by atoms with Gasteiger partial charge >= 0.3 is 0 Å². The third kappa shape index (κ3) is 3.91. The monoisotopic (exact) mass is 300 g/mol. The van der Waals surface area contributed by atoms with E-state index < -0.39 is 0 Å². The highest BCUT2D eigenvalue weighted by Gasteiger charge is 2.16. The lowest BCUT2D eigenvalue weighted by molar-refractivity contribution is 0.360.